The highest BCUT2D eigenvalue weighted by Gasteiger charge is 2.35. The van der Waals surface area contributed by atoms with E-state index < -0.39 is 25.4 Å². The maximum Gasteiger partial charge on any atom is 0.636 e. The first-order valence-electron chi connectivity index (χ1n) is 3.29. The summed E-state index contributed by atoms with van der Waals surface area (Å²) < 4.78 is 29.6. The van der Waals surface area contributed by atoms with Crippen molar-refractivity contribution in [2.45, 2.75) is 12.3 Å². The zero-order valence-corrected chi connectivity index (χ0v) is 6.08. The molecule has 0 aromatic heterocycles. The van der Waals surface area contributed by atoms with E-state index in [2.05, 4.69) is 4.65 Å². The molecule has 1 unspecified atom stereocenters. The van der Waals surface area contributed by atoms with Gasteiger partial charge in [0.15, 0.2) is 0 Å². The molecule has 0 aliphatic heterocycles. The van der Waals surface area contributed by atoms with Crippen molar-refractivity contribution in [3.8, 4) is 0 Å². The first kappa shape index (κ1) is 9.37. The molecule has 0 saturated heterocycles. The molecule has 0 radical (unpaired) electrons. The minimum atomic E-state index is -2.45. The highest BCUT2D eigenvalue weighted by atomic mass is 19.2. The van der Waals surface area contributed by atoms with Gasteiger partial charge in [0.05, 0.1) is 6.42 Å². The number of halogens is 2. The van der Waals surface area contributed by atoms with Crippen molar-refractivity contribution in [1.29, 1.82) is 0 Å². The molecule has 1 atom stereocenters. The second-order valence-corrected chi connectivity index (χ2v) is 2.38. The molecule has 3 nitrogen and oxygen atoms in total. The zero-order chi connectivity index (χ0) is 9.19. The standard InChI is InChI=1S/C6H7BF2O3/c8-5-2-1-3-6(9,4-5)12-7(10)11/h1-3,10-11H,4H2. The second kappa shape index (κ2) is 3.34. The van der Waals surface area contributed by atoms with Crippen LogP contribution in [0.1, 0.15) is 6.42 Å². The molecule has 0 heterocycles. The summed E-state index contributed by atoms with van der Waals surface area (Å²) in [6.07, 6.45) is 2.46. The lowest BCUT2D eigenvalue weighted by Gasteiger charge is -2.22. The first-order valence-corrected chi connectivity index (χ1v) is 3.29. The average molecular weight is 176 g/mol. The molecule has 0 saturated carbocycles. The van der Waals surface area contributed by atoms with Crippen molar-refractivity contribution in [3.63, 3.8) is 0 Å². The summed E-state index contributed by atoms with van der Waals surface area (Å²) in [7, 11) is -2.24. The van der Waals surface area contributed by atoms with Crippen LogP contribution in [0.5, 0.6) is 0 Å². The fourth-order valence-electron chi connectivity index (χ4n) is 0.901. The summed E-state index contributed by atoms with van der Waals surface area (Å²) in [4.78, 5) is 0. The Morgan fingerprint density at radius 3 is 2.75 bits per heavy atom. The molecule has 6 heteroatoms. The van der Waals surface area contributed by atoms with Gasteiger partial charge in [-0.2, -0.15) is 0 Å². The number of hydrogen-bond acceptors (Lipinski definition) is 3. The molecule has 0 bridgehead atoms. The van der Waals surface area contributed by atoms with Gasteiger partial charge < -0.3 is 14.7 Å². The van der Waals surface area contributed by atoms with E-state index in [0.29, 0.717) is 0 Å². The molecular formula is C6H7BF2O3. The quantitative estimate of drug-likeness (QED) is 0.600. The average Bonchev–Trinajstić information content (AvgIpc) is 1.82. The van der Waals surface area contributed by atoms with Crippen molar-refractivity contribution >= 4 is 7.32 Å². The Balaban J connectivity index is 2.63. The minimum Gasteiger partial charge on any atom is -0.402 e. The van der Waals surface area contributed by atoms with Crippen LogP contribution < -0.4 is 0 Å². The Morgan fingerprint density at radius 2 is 2.25 bits per heavy atom. The van der Waals surface area contributed by atoms with Crippen LogP contribution in [0.25, 0.3) is 0 Å². The molecule has 1 aliphatic rings. The molecule has 1 aliphatic carbocycles. The predicted molar refractivity (Wildman–Crippen MR) is 38.1 cm³/mol. The van der Waals surface area contributed by atoms with Gasteiger partial charge in [0.25, 0.3) is 0 Å². The van der Waals surface area contributed by atoms with Crippen LogP contribution in [-0.2, 0) is 4.65 Å². The molecule has 0 spiro atoms. The summed E-state index contributed by atoms with van der Waals surface area (Å²) in [5, 5.41) is 16.5. The van der Waals surface area contributed by atoms with Gasteiger partial charge in [-0.3, -0.25) is 0 Å². The Morgan fingerprint density at radius 1 is 1.58 bits per heavy atom. The Labute approximate surface area is 68.1 Å². The number of hydrogen-bond donors (Lipinski definition) is 2. The van der Waals surface area contributed by atoms with Crippen LogP contribution in [0.4, 0.5) is 8.78 Å². The van der Waals surface area contributed by atoms with Crippen molar-refractivity contribution in [3.05, 3.63) is 24.1 Å². The Bertz CT molecular complexity index is 229. The highest BCUT2D eigenvalue weighted by Crippen LogP contribution is 2.28. The summed E-state index contributed by atoms with van der Waals surface area (Å²) in [6.45, 7) is 0. The smallest absolute Gasteiger partial charge is 0.402 e. The Kier molecular flexibility index (Phi) is 2.61. The van der Waals surface area contributed by atoms with Crippen molar-refractivity contribution in [2.24, 2.45) is 0 Å². The van der Waals surface area contributed by atoms with E-state index in [1.165, 1.54) is 0 Å². The largest absolute Gasteiger partial charge is 0.636 e. The summed E-state index contributed by atoms with van der Waals surface area (Å²) >= 11 is 0. The van der Waals surface area contributed by atoms with E-state index in [-0.39, 0.29) is 0 Å². The zero-order valence-electron chi connectivity index (χ0n) is 6.08. The fraction of sp³-hybridized carbons (Fsp3) is 0.333. The predicted octanol–water partition coefficient (Wildman–Crippen LogP) is 0.452. The minimum absolute atomic E-state index is 0.638. The normalized spacial score (nSPS) is 28.5. The molecule has 2 N–H and O–H groups in total. The van der Waals surface area contributed by atoms with Crippen molar-refractivity contribution in [2.75, 3.05) is 0 Å². The van der Waals surface area contributed by atoms with E-state index in [9.17, 15) is 8.78 Å². The van der Waals surface area contributed by atoms with Gasteiger partial charge in [-0.05, 0) is 12.2 Å². The van der Waals surface area contributed by atoms with Gasteiger partial charge in [0, 0.05) is 0 Å². The van der Waals surface area contributed by atoms with Gasteiger partial charge in [0.1, 0.15) is 5.83 Å². The maximum absolute atomic E-state index is 13.2. The van der Waals surface area contributed by atoms with E-state index in [4.69, 9.17) is 10.0 Å². The van der Waals surface area contributed by atoms with Crippen LogP contribution in [0.3, 0.4) is 0 Å². The van der Waals surface area contributed by atoms with Crippen LogP contribution in [0.2, 0.25) is 0 Å². The highest BCUT2D eigenvalue weighted by molar-refractivity contribution is 6.32. The van der Waals surface area contributed by atoms with Gasteiger partial charge in [-0.25, -0.2) is 8.78 Å². The SMILES string of the molecule is OB(O)OC1(F)C=CC=C(F)C1. The third-order valence-corrected chi connectivity index (χ3v) is 1.33. The van der Waals surface area contributed by atoms with Crippen LogP contribution in [0.15, 0.2) is 24.1 Å². The van der Waals surface area contributed by atoms with E-state index in [1.807, 2.05) is 0 Å². The third kappa shape index (κ3) is 2.40. The summed E-state index contributed by atoms with van der Waals surface area (Å²) in [5.41, 5.74) is 0. The van der Waals surface area contributed by atoms with E-state index in [0.717, 1.165) is 18.2 Å². The molecule has 66 valence electrons. The van der Waals surface area contributed by atoms with Crippen LogP contribution in [-0.4, -0.2) is 23.2 Å². The second-order valence-electron chi connectivity index (χ2n) is 2.38. The number of allylic oxidation sites excluding steroid dienone is 2. The molecule has 0 aromatic rings. The van der Waals surface area contributed by atoms with E-state index >= 15 is 0 Å². The fourth-order valence-corrected chi connectivity index (χ4v) is 0.901. The summed E-state index contributed by atoms with van der Waals surface area (Å²) in [6, 6.07) is 0. The Hall–Kier alpha value is -0.715. The van der Waals surface area contributed by atoms with E-state index in [1.54, 1.807) is 0 Å². The van der Waals surface area contributed by atoms with Gasteiger partial charge >= 0.3 is 7.32 Å². The van der Waals surface area contributed by atoms with Gasteiger partial charge in [-0.1, -0.05) is 6.08 Å². The van der Waals surface area contributed by atoms with Crippen LogP contribution >= 0.6 is 0 Å². The van der Waals surface area contributed by atoms with Crippen molar-refractivity contribution < 1.29 is 23.5 Å². The lowest BCUT2D eigenvalue weighted by atomic mass is 10.1. The van der Waals surface area contributed by atoms with Gasteiger partial charge in [0.2, 0.25) is 5.85 Å². The van der Waals surface area contributed by atoms with Crippen molar-refractivity contribution in [1.82, 2.24) is 0 Å². The first-order chi connectivity index (χ1) is 5.52. The topological polar surface area (TPSA) is 49.7 Å². The third-order valence-electron chi connectivity index (χ3n) is 1.33. The molecule has 12 heavy (non-hydrogen) atoms. The summed E-state index contributed by atoms with van der Waals surface area (Å²) in [5.74, 6) is -3.16. The number of rotatable bonds is 2. The molecule has 1 rings (SSSR count). The maximum atomic E-state index is 13.2. The monoisotopic (exact) mass is 176 g/mol. The lowest BCUT2D eigenvalue weighted by molar-refractivity contribution is -0.0528. The molecular weight excluding hydrogens is 169 g/mol. The molecule has 0 aromatic carbocycles. The molecule has 0 fully saturated rings. The van der Waals surface area contributed by atoms with Gasteiger partial charge in [-0.15, -0.1) is 0 Å². The van der Waals surface area contributed by atoms with Crippen LogP contribution in [0, 0.1) is 0 Å². The molecule has 0 amide bonds. The lowest BCUT2D eigenvalue weighted by Crippen LogP contribution is -2.34. The number of alkyl halides is 1.